The first-order valence-electron chi connectivity index (χ1n) is 4.18. The van der Waals surface area contributed by atoms with E-state index in [-0.39, 0.29) is 5.69 Å². The van der Waals surface area contributed by atoms with Crippen molar-refractivity contribution in [2.45, 2.75) is 6.54 Å². The monoisotopic (exact) mass is 223 g/mol. The SMILES string of the molecule is NC(=O)c1nn(Cc2nccs2)cc1N. The van der Waals surface area contributed by atoms with Gasteiger partial charge in [-0.3, -0.25) is 9.48 Å². The van der Waals surface area contributed by atoms with E-state index in [0.29, 0.717) is 12.2 Å². The molecule has 7 heteroatoms. The molecule has 2 aromatic heterocycles. The Morgan fingerprint density at radius 1 is 1.60 bits per heavy atom. The summed E-state index contributed by atoms with van der Waals surface area (Å²) in [6.45, 7) is 0.495. The molecule has 15 heavy (non-hydrogen) atoms. The van der Waals surface area contributed by atoms with Gasteiger partial charge in [-0.1, -0.05) is 0 Å². The molecule has 0 atom stereocenters. The Balaban J connectivity index is 2.23. The second-order valence-corrected chi connectivity index (χ2v) is 3.90. The summed E-state index contributed by atoms with van der Waals surface area (Å²) in [5.41, 5.74) is 11.1. The number of thiazole rings is 1. The second-order valence-electron chi connectivity index (χ2n) is 2.92. The molecule has 6 nitrogen and oxygen atoms in total. The van der Waals surface area contributed by atoms with Gasteiger partial charge >= 0.3 is 0 Å². The van der Waals surface area contributed by atoms with E-state index in [1.165, 1.54) is 11.3 Å². The van der Waals surface area contributed by atoms with Crippen LogP contribution in [-0.2, 0) is 6.54 Å². The third kappa shape index (κ3) is 1.96. The summed E-state index contributed by atoms with van der Waals surface area (Å²) >= 11 is 1.51. The highest BCUT2D eigenvalue weighted by Crippen LogP contribution is 2.11. The number of hydrogen-bond acceptors (Lipinski definition) is 5. The third-order valence-corrected chi connectivity index (χ3v) is 2.57. The lowest BCUT2D eigenvalue weighted by Crippen LogP contribution is -2.14. The fraction of sp³-hybridized carbons (Fsp3) is 0.125. The molecule has 2 heterocycles. The Labute approximate surface area is 89.5 Å². The van der Waals surface area contributed by atoms with E-state index in [4.69, 9.17) is 11.5 Å². The number of nitrogens with zero attached hydrogens (tertiary/aromatic N) is 3. The molecule has 0 saturated carbocycles. The maximum Gasteiger partial charge on any atom is 0.271 e. The molecule has 0 spiro atoms. The lowest BCUT2D eigenvalue weighted by Gasteiger charge is -1.95. The predicted octanol–water partition coefficient (Wildman–Crippen LogP) is 0.0690. The lowest BCUT2D eigenvalue weighted by atomic mass is 10.4. The molecule has 0 fully saturated rings. The molecule has 0 aliphatic carbocycles. The summed E-state index contributed by atoms with van der Waals surface area (Å²) in [7, 11) is 0. The zero-order valence-corrected chi connectivity index (χ0v) is 8.57. The average Bonchev–Trinajstić information content (AvgIpc) is 2.75. The number of hydrogen-bond donors (Lipinski definition) is 2. The zero-order chi connectivity index (χ0) is 10.8. The van der Waals surface area contributed by atoms with Crippen LogP contribution in [-0.4, -0.2) is 20.7 Å². The van der Waals surface area contributed by atoms with Crippen LogP contribution < -0.4 is 11.5 Å². The van der Waals surface area contributed by atoms with Gasteiger partial charge in [0.1, 0.15) is 5.01 Å². The Hall–Kier alpha value is -1.89. The van der Waals surface area contributed by atoms with Crippen molar-refractivity contribution < 1.29 is 4.79 Å². The van der Waals surface area contributed by atoms with E-state index in [1.807, 2.05) is 5.38 Å². The molecule has 1 amide bonds. The van der Waals surface area contributed by atoms with Crippen LogP contribution in [0.1, 0.15) is 15.5 Å². The molecule has 4 N–H and O–H groups in total. The number of primary amides is 1. The van der Waals surface area contributed by atoms with Crippen LogP contribution in [0.25, 0.3) is 0 Å². The first-order valence-corrected chi connectivity index (χ1v) is 5.06. The fourth-order valence-corrected chi connectivity index (χ4v) is 1.79. The Morgan fingerprint density at radius 2 is 2.40 bits per heavy atom. The second kappa shape index (κ2) is 3.70. The quantitative estimate of drug-likeness (QED) is 0.768. The molecule has 78 valence electrons. The van der Waals surface area contributed by atoms with Crippen molar-refractivity contribution >= 4 is 22.9 Å². The normalized spacial score (nSPS) is 10.4. The number of anilines is 1. The highest BCUT2D eigenvalue weighted by atomic mass is 32.1. The van der Waals surface area contributed by atoms with Gasteiger partial charge in [0, 0.05) is 17.8 Å². The summed E-state index contributed by atoms with van der Waals surface area (Å²) in [5.74, 6) is -0.620. The molecular formula is C8H9N5OS. The molecule has 0 aliphatic rings. The Kier molecular flexibility index (Phi) is 2.38. The van der Waals surface area contributed by atoms with Crippen molar-refractivity contribution in [2.75, 3.05) is 5.73 Å². The first kappa shape index (κ1) is 9.66. The summed E-state index contributed by atoms with van der Waals surface area (Å²) in [6.07, 6.45) is 3.28. The van der Waals surface area contributed by atoms with Crippen molar-refractivity contribution in [3.8, 4) is 0 Å². The summed E-state index contributed by atoms with van der Waals surface area (Å²) in [4.78, 5) is 15.0. The maximum atomic E-state index is 10.9. The smallest absolute Gasteiger partial charge is 0.271 e. The van der Waals surface area contributed by atoms with Gasteiger partial charge in [-0.15, -0.1) is 11.3 Å². The maximum absolute atomic E-state index is 10.9. The van der Waals surface area contributed by atoms with Gasteiger partial charge in [-0.2, -0.15) is 5.10 Å². The lowest BCUT2D eigenvalue weighted by molar-refractivity contribution is 0.0995. The molecule has 0 aliphatic heterocycles. The van der Waals surface area contributed by atoms with E-state index < -0.39 is 5.91 Å². The molecular weight excluding hydrogens is 214 g/mol. The molecule has 0 bridgehead atoms. The highest BCUT2D eigenvalue weighted by molar-refractivity contribution is 7.09. The summed E-state index contributed by atoms with van der Waals surface area (Å²) < 4.78 is 1.55. The van der Waals surface area contributed by atoms with E-state index >= 15 is 0 Å². The topological polar surface area (TPSA) is 99.8 Å². The van der Waals surface area contributed by atoms with E-state index in [0.717, 1.165) is 5.01 Å². The summed E-state index contributed by atoms with van der Waals surface area (Å²) in [6, 6.07) is 0. The van der Waals surface area contributed by atoms with Gasteiger partial charge in [-0.25, -0.2) is 4.98 Å². The van der Waals surface area contributed by atoms with Gasteiger partial charge in [-0.05, 0) is 0 Å². The van der Waals surface area contributed by atoms with Crippen molar-refractivity contribution in [2.24, 2.45) is 5.73 Å². The van der Waals surface area contributed by atoms with Gasteiger partial charge in [0.2, 0.25) is 0 Å². The van der Waals surface area contributed by atoms with Crippen molar-refractivity contribution in [1.29, 1.82) is 0 Å². The van der Waals surface area contributed by atoms with E-state index in [9.17, 15) is 4.79 Å². The van der Waals surface area contributed by atoms with Crippen LogP contribution in [0.5, 0.6) is 0 Å². The number of rotatable bonds is 3. The van der Waals surface area contributed by atoms with E-state index in [2.05, 4.69) is 10.1 Å². The highest BCUT2D eigenvalue weighted by Gasteiger charge is 2.11. The first-order chi connectivity index (χ1) is 7.16. The number of amides is 1. The largest absolute Gasteiger partial charge is 0.396 e. The minimum atomic E-state index is -0.620. The van der Waals surface area contributed by atoms with Gasteiger partial charge in [0.25, 0.3) is 5.91 Å². The van der Waals surface area contributed by atoms with E-state index in [1.54, 1.807) is 17.1 Å². The van der Waals surface area contributed by atoms with Crippen LogP contribution in [0, 0.1) is 0 Å². The summed E-state index contributed by atoms with van der Waals surface area (Å²) in [5, 5.41) is 6.74. The minimum absolute atomic E-state index is 0.103. The number of aromatic nitrogens is 3. The average molecular weight is 223 g/mol. The van der Waals surface area contributed by atoms with Crippen molar-refractivity contribution in [3.05, 3.63) is 28.5 Å². The molecule has 2 aromatic rings. The van der Waals surface area contributed by atoms with Crippen LogP contribution in [0.15, 0.2) is 17.8 Å². The van der Waals surface area contributed by atoms with Crippen LogP contribution in [0.4, 0.5) is 5.69 Å². The molecule has 2 rings (SSSR count). The number of nitrogens with two attached hydrogens (primary N) is 2. The molecule has 0 aromatic carbocycles. The Morgan fingerprint density at radius 3 is 2.93 bits per heavy atom. The molecule has 0 radical (unpaired) electrons. The molecule has 0 unspecified atom stereocenters. The predicted molar refractivity (Wildman–Crippen MR) is 56.4 cm³/mol. The van der Waals surface area contributed by atoms with Gasteiger partial charge < -0.3 is 11.5 Å². The van der Waals surface area contributed by atoms with Gasteiger partial charge in [0.15, 0.2) is 5.69 Å². The standard InChI is InChI=1S/C8H9N5OS/c9-5-3-13(12-7(5)8(10)14)4-6-11-1-2-15-6/h1-3H,4,9H2,(H2,10,14). The molecule has 0 saturated heterocycles. The van der Waals surface area contributed by atoms with Crippen LogP contribution in [0.3, 0.4) is 0 Å². The van der Waals surface area contributed by atoms with Crippen LogP contribution in [0.2, 0.25) is 0 Å². The third-order valence-electron chi connectivity index (χ3n) is 1.80. The van der Waals surface area contributed by atoms with Crippen LogP contribution >= 0.6 is 11.3 Å². The zero-order valence-electron chi connectivity index (χ0n) is 7.75. The number of nitrogen functional groups attached to an aromatic ring is 1. The Bertz CT molecular complexity index is 475. The van der Waals surface area contributed by atoms with Crippen molar-refractivity contribution in [3.63, 3.8) is 0 Å². The fourth-order valence-electron chi connectivity index (χ4n) is 1.18. The van der Waals surface area contributed by atoms with Crippen molar-refractivity contribution in [1.82, 2.24) is 14.8 Å². The van der Waals surface area contributed by atoms with Gasteiger partial charge in [0.05, 0.1) is 12.2 Å². The number of carbonyl (C=O) groups is 1. The number of carbonyl (C=O) groups excluding carboxylic acids is 1. The minimum Gasteiger partial charge on any atom is -0.396 e.